The molecule has 2 N–H and O–H groups in total. The van der Waals surface area contributed by atoms with E-state index in [9.17, 15) is 9.59 Å². The molecule has 20 heavy (non-hydrogen) atoms. The maximum absolute atomic E-state index is 12.4. The van der Waals surface area contributed by atoms with E-state index in [0.29, 0.717) is 6.42 Å². The third-order valence-electron chi connectivity index (χ3n) is 5.12. The van der Waals surface area contributed by atoms with Crippen LogP contribution in [0.3, 0.4) is 0 Å². The van der Waals surface area contributed by atoms with Gasteiger partial charge < -0.3 is 10.4 Å². The number of carbonyl (C=O) groups excluding carboxylic acids is 1. The number of carboxylic acid groups (broad SMARTS) is 1. The minimum Gasteiger partial charge on any atom is -0.481 e. The molecule has 4 nitrogen and oxygen atoms in total. The summed E-state index contributed by atoms with van der Waals surface area (Å²) < 4.78 is 0. The lowest BCUT2D eigenvalue weighted by Gasteiger charge is -2.37. The summed E-state index contributed by atoms with van der Waals surface area (Å²) in [5.41, 5.74) is -0.362. The van der Waals surface area contributed by atoms with E-state index >= 15 is 0 Å². The molecule has 1 amide bonds. The monoisotopic (exact) mass is 281 g/mol. The van der Waals surface area contributed by atoms with E-state index in [2.05, 4.69) is 12.2 Å². The second kappa shape index (κ2) is 6.15. The van der Waals surface area contributed by atoms with E-state index in [1.165, 1.54) is 19.3 Å². The normalized spacial score (nSPS) is 24.2. The summed E-state index contributed by atoms with van der Waals surface area (Å²) in [6.45, 7) is 2.11. The molecule has 2 rings (SSSR count). The molecule has 4 heteroatoms. The smallest absolute Gasteiger partial charge is 0.303 e. The van der Waals surface area contributed by atoms with Crippen molar-refractivity contribution in [3.63, 3.8) is 0 Å². The summed E-state index contributed by atoms with van der Waals surface area (Å²) in [7, 11) is 0. The van der Waals surface area contributed by atoms with E-state index in [0.717, 1.165) is 38.5 Å². The molecule has 2 aliphatic rings. The maximum Gasteiger partial charge on any atom is 0.303 e. The fraction of sp³-hybridized carbons (Fsp3) is 0.875. The Morgan fingerprint density at radius 3 is 2.05 bits per heavy atom. The Morgan fingerprint density at radius 2 is 1.50 bits per heavy atom. The molecular formula is C16H27NO3. The first-order chi connectivity index (χ1) is 9.43. The zero-order valence-corrected chi connectivity index (χ0v) is 12.5. The third-order valence-corrected chi connectivity index (χ3v) is 5.12. The molecule has 0 radical (unpaired) electrons. The van der Waals surface area contributed by atoms with Gasteiger partial charge >= 0.3 is 5.97 Å². The van der Waals surface area contributed by atoms with Gasteiger partial charge in [0.1, 0.15) is 0 Å². The van der Waals surface area contributed by atoms with Gasteiger partial charge in [0.05, 0.1) is 6.42 Å². The molecule has 0 aliphatic heterocycles. The van der Waals surface area contributed by atoms with Gasteiger partial charge in [0.15, 0.2) is 0 Å². The number of hydrogen-bond acceptors (Lipinski definition) is 2. The van der Waals surface area contributed by atoms with E-state index in [1.807, 2.05) is 0 Å². The zero-order chi connectivity index (χ0) is 14.6. The van der Waals surface area contributed by atoms with Crippen LogP contribution in [0.25, 0.3) is 0 Å². The predicted octanol–water partition coefficient (Wildman–Crippen LogP) is 3.25. The van der Waals surface area contributed by atoms with Crippen LogP contribution in [0.4, 0.5) is 0 Å². The van der Waals surface area contributed by atoms with Crippen molar-refractivity contribution < 1.29 is 14.7 Å². The van der Waals surface area contributed by atoms with Crippen LogP contribution in [0.15, 0.2) is 0 Å². The van der Waals surface area contributed by atoms with Crippen LogP contribution in [0.5, 0.6) is 0 Å². The average Bonchev–Trinajstić information content (AvgIpc) is 2.75. The summed E-state index contributed by atoms with van der Waals surface area (Å²) in [5, 5.41) is 12.3. The average molecular weight is 281 g/mol. The largest absolute Gasteiger partial charge is 0.481 e. The van der Waals surface area contributed by atoms with Crippen LogP contribution < -0.4 is 5.32 Å². The first kappa shape index (κ1) is 15.3. The molecule has 2 aliphatic carbocycles. The molecule has 114 valence electrons. The number of hydrogen-bond donors (Lipinski definition) is 2. The second-order valence-corrected chi connectivity index (χ2v) is 7.12. The van der Waals surface area contributed by atoms with Crippen LogP contribution in [0.2, 0.25) is 0 Å². The molecule has 0 spiro atoms. The van der Waals surface area contributed by atoms with Crippen LogP contribution in [-0.4, -0.2) is 22.5 Å². The topological polar surface area (TPSA) is 66.4 Å². The highest BCUT2D eigenvalue weighted by Gasteiger charge is 2.38. The van der Waals surface area contributed by atoms with Gasteiger partial charge in [-0.05, 0) is 38.0 Å². The van der Waals surface area contributed by atoms with Gasteiger partial charge in [-0.15, -0.1) is 0 Å². The van der Waals surface area contributed by atoms with Gasteiger partial charge in [0.2, 0.25) is 5.91 Å². The lowest BCUT2D eigenvalue weighted by molar-refractivity contribution is -0.141. The third kappa shape index (κ3) is 3.97. The first-order valence-corrected chi connectivity index (χ1v) is 7.96. The number of aliphatic carboxylic acids is 1. The van der Waals surface area contributed by atoms with Crippen molar-refractivity contribution in [3.05, 3.63) is 0 Å². The summed E-state index contributed by atoms with van der Waals surface area (Å²) >= 11 is 0. The van der Waals surface area contributed by atoms with Crippen molar-refractivity contribution in [2.24, 2.45) is 5.41 Å². The molecule has 0 aromatic heterocycles. The zero-order valence-electron chi connectivity index (χ0n) is 12.5. The molecule has 0 heterocycles. The Bertz CT molecular complexity index is 366. The standard InChI is InChI=1S/C16H27NO3/c1-15(7-5-6-8-15)17-13(18)11-16(12-14(19)20)9-3-2-4-10-16/h2-12H2,1H3,(H,17,18)(H,19,20). The predicted molar refractivity (Wildman–Crippen MR) is 77.4 cm³/mol. The summed E-state index contributed by atoms with van der Waals surface area (Å²) in [6, 6.07) is 0. The van der Waals surface area contributed by atoms with Crippen molar-refractivity contribution in [2.45, 2.75) is 83.1 Å². The van der Waals surface area contributed by atoms with Crippen molar-refractivity contribution in [3.8, 4) is 0 Å². The Balaban J connectivity index is 1.96. The molecule has 0 aromatic rings. The van der Waals surface area contributed by atoms with Crippen molar-refractivity contribution in [2.75, 3.05) is 0 Å². The van der Waals surface area contributed by atoms with Crippen molar-refractivity contribution in [1.29, 1.82) is 0 Å². The first-order valence-electron chi connectivity index (χ1n) is 7.96. The minimum absolute atomic E-state index is 0.0533. The van der Waals surface area contributed by atoms with Gasteiger partial charge in [-0.25, -0.2) is 0 Å². The Hall–Kier alpha value is -1.06. The van der Waals surface area contributed by atoms with Gasteiger partial charge in [-0.1, -0.05) is 32.1 Å². The van der Waals surface area contributed by atoms with E-state index in [1.54, 1.807) is 0 Å². The van der Waals surface area contributed by atoms with Crippen LogP contribution >= 0.6 is 0 Å². The molecule has 2 saturated carbocycles. The molecule has 0 unspecified atom stereocenters. The fourth-order valence-corrected chi connectivity index (χ4v) is 4.04. The highest BCUT2D eigenvalue weighted by Crippen LogP contribution is 2.42. The summed E-state index contributed by atoms with van der Waals surface area (Å²) in [5.74, 6) is -0.718. The minimum atomic E-state index is -0.772. The van der Waals surface area contributed by atoms with E-state index in [4.69, 9.17) is 5.11 Å². The number of carboxylic acids is 1. The second-order valence-electron chi connectivity index (χ2n) is 7.12. The molecule has 2 fully saturated rings. The van der Waals surface area contributed by atoms with Gasteiger partial charge in [-0.2, -0.15) is 0 Å². The Labute approximate surface area is 121 Å². The number of nitrogens with one attached hydrogen (secondary N) is 1. The maximum atomic E-state index is 12.4. The van der Waals surface area contributed by atoms with Crippen molar-refractivity contribution >= 4 is 11.9 Å². The van der Waals surface area contributed by atoms with E-state index in [-0.39, 0.29) is 23.3 Å². The summed E-state index contributed by atoms with van der Waals surface area (Å²) in [4.78, 5) is 23.5. The van der Waals surface area contributed by atoms with Gasteiger partial charge in [0.25, 0.3) is 0 Å². The number of rotatable bonds is 5. The Kier molecular flexibility index (Phi) is 4.71. The lowest BCUT2D eigenvalue weighted by Crippen LogP contribution is -2.46. The van der Waals surface area contributed by atoms with Crippen LogP contribution in [-0.2, 0) is 9.59 Å². The lowest BCUT2D eigenvalue weighted by atomic mass is 9.69. The van der Waals surface area contributed by atoms with Crippen LogP contribution in [0.1, 0.15) is 77.6 Å². The van der Waals surface area contributed by atoms with Gasteiger partial charge in [0, 0.05) is 12.0 Å². The molecule has 0 atom stereocenters. The van der Waals surface area contributed by atoms with Gasteiger partial charge in [-0.3, -0.25) is 9.59 Å². The SMILES string of the molecule is CC1(NC(=O)CC2(CC(=O)O)CCCCC2)CCCC1. The molecule has 0 bridgehead atoms. The number of amides is 1. The quantitative estimate of drug-likeness (QED) is 0.813. The fourth-order valence-electron chi connectivity index (χ4n) is 4.04. The molecular weight excluding hydrogens is 254 g/mol. The number of carbonyl (C=O) groups is 2. The highest BCUT2D eigenvalue weighted by molar-refractivity contribution is 5.78. The Morgan fingerprint density at radius 1 is 0.950 bits per heavy atom. The van der Waals surface area contributed by atoms with E-state index < -0.39 is 5.97 Å². The van der Waals surface area contributed by atoms with Crippen molar-refractivity contribution in [1.82, 2.24) is 5.32 Å². The highest BCUT2D eigenvalue weighted by atomic mass is 16.4. The molecule has 0 saturated heterocycles. The summed E-state index contributed by atoms with van der Waals surface area (Å²) in [6.07, 6.45) is 10.00. The molecule has 0 aromatic carbocycles. The van der Waals surface area contributed by atoms with Crippen LogP contribution in [0, 0.1) is 5.41 Å².